The van der Waals surface area contributed by atoms with E-state index in [1.807, 2.05) is 20.8 Å². The highest BCUT2D eigenvalue weighted by Crippen LogP contribution is 2.52. The fourth-order valence-corrected chi connectivity index (χ4v) is 5.84. The van der Waals surface area contributed by atoms with Gasteiger partial charge in [0.2, 0.25) is 5.91 Å². The first-order valence-electron chi connectivity index (χ1n) is 12.6. The molecule has 0 aliphatic carbocycles. The van der Waals surface area contributed by atoms with Gasteiger partial charge in [0.05, 0.1) is 17.1 Å². The van der Waals surface area contributed by atoms with Gasteiger partial charge in [-0.1, -0.05) is 74.3 Å². The van der Waals surface area contributed by atoms with Gasteiger partial charge in [0.25, 0.3) is 0 Å². The van der Waals surface area contributed by atoms with Gasteiger partial charge in [0.15, 0.2) is 0 Å². The van der Waals surface area contributed by atoms with E-state index in [2.05, 4.69) is 16.7 Å². The smallest absolute Gasteiger partial charge is 0.242 e. The van der Waals surface area contributed by atoms with Crippen LogP contribution in [0, 0.1) is 28.4 Å². The first-order chi connectivity index (χ1) is 18.4. The van der Waals surface area contributed by atoms with Crippen LogP contribution in [0.2, 0.25) is 10.0 Å². The molecule has 1 amide bonds. The van der Waals surface area contributed by atoms with Gasteiger partial charge in [-0.05, 0) is 53.3 Å². The third kappa shape index (κ3) is 5.66. The van der Waals surface area contributed by atoms with Gasteiger partial charge in [-0.2, -0.15) is 5.26 Å². The quantitative estimate of drug-likeness (QED) is 0.308. The zero-order valence-electron chi connectivity index (χ0n) is 21.9. The summed E-state index contributed by atoms with van der Waals surface area (Å²) in [4.78, 5) is 13.9. The minimum atomic E-state index is -1.68. The Morgan fingerprint density at radius 1 is 1.13 bits per heavy atom. The van der Waals surface area contributed by atoms with E-state index in [1.165, 1.54) is 24.3 Å². The van der Waals surface area contributed by atoms with Gasteiger partial charge < -0.3 is 16.4 Å². The number of nitrogens with one attached hydrogen (secondary N) is 2. The molecule has 0 radical (unpaired) electrons. The first kappa shape index (κ1) is 29.0. The number of halogens is 4. The summed E-state index contributed by atoms with van der Waals surface area (Å²) in [5.41, 5.74) is 5.14. The summed E-state index contributed by atoms with van der Waals surface area (Å²) >= 11 is 12.2. The van der Waals surface area contributed by atoms with E-state index in [1.54, 1.807) is 30.3 Å². The van der Waals surface area contributed by atoms with Crippen molar-refractivity contribution < 1.29 is 13.6 Å². The van der Waals surface area contributed by atoms with Crippen LogP contribution >= 0.6 is 23.2 Å². The number of anilines is 1. The molecule has 3 aromatic rings. The van der Waals surface area contributed by atoms with Crippen molar-refractivity contribution in [2.24, 2.45) is 11.1 Å². The molecule has 0 bridgehead atoms. The van der Waals surface area contributed by atoms with Crippen LogP contribution in [0.1, 0.15) is 49.8 Å². The monoisotopic (exact) mass is 570 g/mol. The first-order valence-corrected chi connectivity index (χ1v) is 13.3. The summed E-state index contributed by atoms with van der Waals surface area (Å²) in [7, 11) is 0. The lowest BCUT2D eigenvalue weighted by molar-refractivity contribution is -0.118. The SMILES string of the molecule is CC(C)(C)C[C@@H]1N[C@@H](C(=O)Nc2ccc(CN)cc2)[C@H](c2cccc(Cl)c2F)[C@@]1(C#N)c1ccc(Cl)cc1F. The maximum Gasteiger partial charge on any atom is 0.242 e. The number of rotatable bonds is 6. The predicted molar refractivity (Wildman–Crippen MR) is 151 cm³/mol. The van der Waals surface area contributed by atoms with Crippen molar-refractivity contribution in [1.82, 2.24) is 5.32 Å². The Labute approximate surface area is 237 Å². The molecule has 4 N–H and O–H groups in total. The molecule has 1 aliphatic heterocycles. The molecule has 204 valence electrons. The second-order valence-electron chi connectivity index (χ2n) is 11.1. The fourth-order valence-electron chi connectivity index (χ4n) is 5.50. The van der Waals surface area contributed by atoms with Crippen molar-refractivity contribution in [3.63, 3.8) is 0 Å². The number of carbonyl (C=O) groups is 1. The second-order valence-corrected chi connectivity index (χ2v) is 11.9. The van der Waals surface area contributed by atoms with Crippen LogP contribution in [0.15, 0.2) is 60.7 Å². The number of hydrogen-bond donors (Lipinski definition) is 3. The van der Waals surface area contributed by atoms with E-state index >= 15 is 8.78 Å². The normalized spacial score (nSPS) is 22.9. The Kier molecular flexibility index (Phi) is 8.34. The van der Waals surface area contributed by atoms with Crippen molar-refractivity contribution in [3.8, 4) is 6.07 Å². The highest BCUT2D eigenvalue weighted by molar-refractivity contribution is 6.31. The molecule has 39 heavy (non-hydrogen) atoms. The maximum atomic E-state index is 15.7. The fraction of sp³-hybridized carbons (Fsp3) is 0.333. The predicted octanol–water partition coefficient (Wildman–Crippen LogP) is 6.69. The van der Waals surface area contributed by atoms with E-state index in [9.17, 15) is 10.1 Å². The molecule has 4 atom stereocenters. The summed E-state index contributed by atoms with van der Waals surface area (Å²) in [5, 5.41) is 17.0. The number of nitrogens with two attached hydrogens (primary N) is 1. The summed E-state index contributed by atoms with van der Waals surface area (Å²) < 4.78 is 31.4. The third-order valence-corrected chi connectivity index (χ3v) is 7.72. The number of hydrogen-bond acceptors (Lipinski definition) is 4. The van der Waals surface area contributed by atoms with E-state index in [0.717, 1.165) is 11.6 Å². The van der Waals surface area contributed by atoms with Crippen molar-refractivity contribution in [1.29, 1.82) is 5.26 Å². The van der Waals surface area contributed by atoms with Crippen LogP contribution in [0.5, 0.6) is 0 Å². The Balaban J connectivity index is 1.93. The van der Waals surface area contributed by atoms with Crippen LogP contribution in [-0.2, 0) is 16.8 Å². The molecule has 4 rings (SSSR count). The Bertz CT molecular complexity index is 1420. The summed E-state index contributed by atoms with van der Waals surface area (Å²) in [6, 6.07) is 16.0. The number of amides is 1. The average molecular weight is 571 g/mol. The maximum absolute atomic E-state index is 15.7. The topological polar surface area (TPSA) is 90.9 Å². The Morgan fingerprint density at radius 3 is 2.41 bits per heavy atom. The van der Waals surface area contributed by atoms with E-state index in [0.29, 0.717) is 18.7 Å². The average Bonchev–Trinajstić information content (AvgIpc) is 3.19. The standard InChI is InChI=1S/C30H30Cl2F2N4O/c1-29(2,3)14-24-30(16-36,21-12-9-18(31)13-23(21)33)25(20-5-4-6-22(32)26(20)34)27(38-24)28(39)37-19-10-7-17(15-35)8-11-19/h4-13,24-25,27,38H,14-15,35H2,1-3H3,(H,37,39)/t24-,25-,27+,30-/m0/s1. The van der Waals surface area contributed by atoms with Crippen LogP contribution in [0.25, 0.3) is 0 Å². The van der Waals surface area contributed by atoms with Gasteiger partial charge in [-0.25, -0.2) is 8.78 Å². The Morgan fingerprint density at radius 2 is 1.82 bits per heavy atom. The third-order valence-electron chi connectivity index (χ3n) is 7.19. The minimum Gasteiger partial charge on any atom is -0.326 e. The molecule has 1 saturated heterocycles. The molecule has 0 spiro atoms. The molecule has 0 unspecified atom stereocenters. The highest BCUT2D eigenvalue weighted by Gasteiger charge is 2.61. The lowest BCUT2D eigenvalue weighted by Gasteiger charge is -2.37. The van der Waals surface area contributed by atoms with E-state index in [4.69, 9.17) is 28.9 Å². The lowest BCUT2D eigenvalue weighted by Crippen LogP contribution is -2.45. The second kappa shape index (κ2) is 11.2. The number of nitriles is 1. The molecular formula is C30H30Cl2F2N4O. The molecular weight excluding hydrogens is 541 g/mol. The van der Waals surface area contributed by atoms with E-state index in [-0.39, 0.29) is 26.6 Å². The molecule has 0 saturated carbocycles. The molecule has 1 heterocycles. The largest absolute Gasteiger partial charge is 0.326 e. The zero-order chi connectivity index (χ0) is 28.5. The molecule has 0 aromatic heterocycles. The van der Waals surface area contributed by atoms with Crippen molar-refractivity contribution in [2.75, 3.05) is 5.32 Å². The molecule has 3 aromatic carbocycles. The van der Waals surface area contributed by atoms with Gasteiger partial charge in [-0.15, -0.1) is 0 Å². The zero-order valence-corrected chi connectivity index (χ0v) is 23.4. The number of carbonyl (C=O) groups excluding carboxylic acids is 1. The number of benzene rings is 3. The highest BCUT2D eigenvalue weighted by atomic mass is 35.5. The summed E-state index contributed by atoms with van der Waals surface area (Å²) in [6.45, 7) is 6.30. The van der Waals surface area contributed by atoms with Crippen LogP contribution in [0.3, 0.4) is 0 Å². The van der Waals surface area contributed by atoms with Crippen LogP contribution in [-0.4, -0.2) is 18.0 Å². The van der Waals surface area contributed by atoms with Crippen LogP contribution in [0.4, 0.5) is 14.5 Å². The van der Waals surface area contributed by atoms with Crippen molar-refractivity contribution in [3.05, 3.63) is 99.0 Å². The summed E-state index contributed by atoms with van der Waals surface area (Å²) in [5.74, 6) is -3.10. The van der Waals surface area contributed by atoms with Gasteiger partial charge in [0.1, 0.15) is 17.0 Å². The molecule has 1 fully saturated rings. The lowest BCUT2D eigenvalue weighted by atomic mass is 9.62. The van der Waals surface area contributed by atoms with E-state index < -0.39 is 41.0 Å². The molecule has 5 nitrogen and oxygen atoms in total. The Hall–Kier alpha value is -3.02. The van der Waals surface area contributed by atoms with Crippen molar-refractivity contribution in [2.45, 2.75) is 57.2 Å². The van der Waals surface area contributed by atoms with Gasteiger partial charge in [-0.3, -0.25) is 4.79 Å². The molecule has 1 aliphatic rings. The van der Waals surface area contributed by atoms with Crippen molar-refractivity contribution >= 4 is 34.8 Å². The van der Waals surface area contributed by atoms with Gasteiger partial charge in [0, 0.05) is 34.8 Å². The van der Waals surface area contributed by atoms with Gasteiger partial charge >= 0.3 is 0 Å². The molecule has 9 heteroatoms. The summed E-state index contributed by atoms with van der Waals surface area (Å²) in [6.07, 6.45) is 0.385. The number of nitrogens with zero attached hydrogens (tertiary/aromatic N) is 1. The van der Waals surface area contributed by atoms with Crippen LogP contribution < -0.4 is 16.4 Å². The minimum absolute atomic E-state index is 0.0307.